The van der Waals surface area contributed by atoms with Crippen molar-refractivity contribution in [3.05, 3.63) is 60.7 Å². The van der Waals surface area contributed by atoms with Gasteiger partial charge in [-0.2, -0.15) is 0 Å². The highest BCUT2D eigenvalue weighted by atomic mass is 35.7. The van der Waals surface area contributed by atoms with E-state index in [0.717, 1.165) is 5.19 Å². The lowest BCUT2D eigenvalue weighted by Crippen LogP contribution is -2.48. The first-order valence-corrected chi connectivity index (χ1v) is 12.2. The first-order chi connectivity index (χ1) is 7.68. The molecule has 0 bridgehead atoms. The van der Waals surface area contributed by atoms with Crippen molar-refractivity contribution < 1.29 is 0 Å². The van der Waals surface area contributed by atoms with Gasteiger partial charge >= 0.3 is 0 Å². The van der Waals surface area contributed by atoms with Crippen molar-refractivity contribution in [2.24, 2.45) is 0 Å². The zero-order valence-electron chi connectivity index (χ0n) is 8.74. The van der Waals surface area contributed by atoms with Crippen LogP contribution in [0.2, 0.25) is 0 Å². The van der Waals surface area contributed by atoms with E-state index in [4.69, 9.17) is 22.2 Å². The molecule has 0 heterocycles. The number of hydrogen-bond donors (Lipinski definition) is 0. The van der Waals surface area contributed by atoms with Gasteiger partial charge in [-0.3, -0.25) is 0 Å². The maximum atomic E-state index is 6.56. The van der Waals surface area contributed by atoms with E-state index in [1.165, 1.54) is 5.19 Å². The van der Waals surface area contributed by atoms with Crippen LogP contribution < -0.4 is 10.4 Å². The molecule has 0 amide bonds. The van der Waals surface area contributed by atoms with Crippen LogP contribution in [0.25, 0.3) is 0 Å². The summed E-state index contributed by atoms with van der Waals surface area (Å²) < 4.78 is 0. The van der Waals surface area contributed by atoms with Crippen molar-refractivity contribution in [3.8, 4) is 0 Å². The van der Waals surface area contributed by atoms with Gasteiger partial charge in [0.1, 0.15) is 0 Å². The van der Waals surface area contributed by atoms with E-state index in [9.17, 15) is 0 Å². The Kier molecular flexibility index (Phi) is 3.87. The third kappa shape index (κ3) is 2.98. The molecule has 0 radical (unpaired) electrons. The molecule has 82 valence electrons. The van der Waals surface area contributed by atoms with Crippen LogP contribution in [-0.4, -0.2) is 15.2 Å². The summed E-state index contributed by atoms with van der Waals surface area (Å²) in [6, 6.07) is 20.4. The van der Waals surface area contributed by atoms with Crippen LogP contribution in [-0.2, 0) is 0 Å². The Morgan fingerprint density at radius 1 is 0.750 bits per heavy atom. The number of halogens is 2. The van der Waals surface area contributed by atoms with Crippen LogP contribution in [0, 0.1) is 0 Å². The minimum Gasteiger partial charge on any atom is -0.144 e. The summed E-state index contributed by atoms with van der Waals surface area (Å²) in [7, 11) is -0.612. The molecule has 0 aliphatic rings. The first-order valence-electron chi connectivity index (χ1n) is 5.16. The molecule has 0 N–H and O–H groups in total. The summed E-state index contributed by atoms with van der Waals surface area (Å²) in [5, 5.41) is 2.47. The van der Waals surface area contributed by atoms with Crippen LogP contribution in [0.15, 0.2) is 60.7 Å². The number of benzene rings is 2. The van der Waals surface area contributed by atoms with Crippen molar-refractivity contribution >= 4 is 47.8 Å². The van der Waals surface area contributed by atoms with Gasteiger partial charge in [0.25, 0.3) is 6.21 Å². The van der Waals surface area contributed by atoms with E-state index in [1.54, 1.807) is 0 Å². The minimum atomic E-state index is -2.24. The number of rotatable bonds is 3. The molecule has 0 aliphatic heterocycles. The maximum absolute atomic E-state index is 6.56. The molecule has 0 unspecified atom stereocenters. The highest BCUT2D eigenvalue weighted by molar-refractivity contribution is 7.72. The molecule has 0 saturated heterocycles. The lowest BCUT2D eigenvalue weighted by molar-refractivity contribution is 1.76. The van der Waals surface area contributed by atoms with Crippen LogP contribution in [0.4, 0.5) is 0 Å². The fraction of sp³-hybridized carbons (Fsp3) is 0. The summed E-state index contributed by atoms with van der Waals surface area (Å²) >= 11 is 13.1. The van der Waals surface area contributed by atoms with Gasteiger partial charge in [-0.25, -0.2) is 0 Å². The van der Waals surface area contributed by atoms with Crippen LogP contribution >= 0.6 is 22.2 Å². The lowest BCUT2D eigenvalue weighted by Gasteiger charge is -2.16. The number of hydrogen-bond acceptors (Lipinski definition) is 0. The van der Waals surface area contributed by atoms with E-state index in [1.807, 2.05) is 48.5 Å². The summed E-state index contributed by atoms with van der Waals surface area (Å²) in [5.74, 6) is 0. The van der Waals surface area contributed by atoms with E-state index < -0.39 is 15.2 Å². The van der Waals surface area contributed by atoms with E-state index >= 15 is 0 Å². The van der Waals surface area contributed by atoms with Crippen molar-refractivity contribution in [2.45, 2.75) is 0 Å². The van der Waals surface area contributed by atoms with Crippen LogP contribution in [0.1, 0.15) is 0 Å². The average Bonchev–Trinajstić information content (AvgIpc) is 2.31. The Morgan fingerprint density at radius 2 is 1.25 bits per heavy atom. The summed E-state index contributed by atoms with van der Waals surface area (Å²) in [6.07, 6.45) is -2.24. The second-order valence-corrected chi connectivity index (χ2v) is 18.3. The topological polar surface area (TPSA) is 0 Å². The molecule has 2 rings (SSSR count). The Labute approximate surface area is 108 Å². The van der Waals surface area contributed by atoms with Crippen molar-refractivity contribution in [1.29, 1.82) is 0 Å². The fourth-order valence-corrected chi connectivity index (χ4v) is 10.6. The third-order valence-electron chi connectivity index (χ3n) is 2.47. The lowest BCUT2D eigenvalue weighted by atomic mass is 10.4. The van der Waals surface area contributed by atoms with Crippen LogP contribution in [0.3, 0.4) is 0 Å². The van der Waals surface area contributed by atoms with Crippen molar-refractivity contribution in [2.75, 3.05) is 0 Å². The van der Waals surface area contributed by atoms with Gasteiger partial charge in [0, 0.05) is 0 Å². The molecule has 0 atom stereocenters. The van der Waals surface area contributed by atoms with Gasteiger partial charge in [-0.05, 0) is 5.19 Å². The van der Waals surface area contributed by atoms with Gasteiger partial charge < -0.3 is 0 Å². The fourth-order valence-electron chi connectivity index (χ4n) is 1.64. The molecule has 0 spiro atoms. The monoisotopic (exact) mass is 282 g/mol. The molecule has 2 aromatic carbocycles. The highest BCUT2D eigenvalue weighted by Crippen LogP contribution is 2.12. The van der Waals surface area contributed by atoms with E-state index in [-0.39, 0.29) is 0 Å². The summed E-state index contributed by atoms with van der Waals surface area (Å²) in [5.41, 5.74) is 0. The van der Waals surface area contributed by atoms with Gasteiger partial charge in [0.15, 0.2) is 0 Å². The predicted octanol–water partition coefficient (Wildman–Crippen LogP) is 1.80. The molecular weight excluding hydrogens is 271 g/mol. The largest absolute Gasteiger partial charge is 0.265 e. The average molecular weight is 283 g/mol. The molecular formula is C12H12Cl2Si2. The van der Waals surface area contributed by atoms with E-state index in [0.29, 0.717) is 0 Å². The molecule has 16 heavy (non-hydrogen) atoms. The molecule has 0 saturated carbocycles. The summed E-state index contributed by atoms with van der Waals surface area (Å²) in [4.78, 5) is 0. The Bertz CT molecular complexity index is 443. The van der Waals surface area contributed by atoms with Crippen molar-refractivity contribution in [1.82, 2.24) is 0 Å². The standard InChI is InChI=1S/C12H12Cl2Si2/c13-16(14,12-9-5-2-6-10-12)15-11-7-3-1-4-8-11/h1-10H,15H2. The van der Waals surface area contributed by atoms with E-state index in [2.05, 4.69) is 12.1 Å². The Hall–Kier alpha value is -0.546. The van der Waals surface area contributed by atoms with Crippen molar-refractivity contribution in [3.63, 3.8) is 0 Å². The Morgan fingerprint density at radius 3 is 1.81 bits per heavy atom. The van der Waals surface area contributed by atoms with Crippen LogP contribution in [0.5, 0.6) is 0 Å². The molecule has 2 aromatic rings. The maximum Gasteiger partial charge on any atom is 0.265 e. The zero-order chi connectivity index (χ0) is 11.4. The SMILES string of the molecule is Cl[Si](Cl)([SiH2]c1ccccc1)c1ccccc1. The minimum absolute atomic E-state index is 0.612. The second-order valence-electron chi connectivity index (χ2n) is 3.73. The molecule has 0 aliphatic carbocycles. The summed E-state index contributed by atoms with van der Waals surface area (Å²) in [6.45, 7) is 0. The predicted molar refractivity (Wildman–Crippen MR) is 78.2 cm³/mol. The smallest absolute Gasteiger partial charge is 0.144 e. The molecule has 0 aromatic heterocycles. The normalized spacial score (nSPS) is 12.1. The quantitative estimate of drug-likeness (QED) is 0.595. The van der Waals surface area contributed by atoms with Gasteiger partial charge in [0.2, 0.25) is 0 Å². The molecule has 0 nitrogen and oxygen atoms in total. The molecule has 0 fully saturated rings. The Balaban J connectivity index is 2.21. The van der Waals surface area contributed by atoms with Gasteiger partial charge in [0.05, 0.1) is 9.04 Å². The first kappa shape index (κ1) is 11.9. The second kappa shape index (κ2) is 5.19. The molecule has 4 heteroatoms. The van der Waals surface area contributed by atoms with Gasteiger partial charge in [-0.15, -0.1) is 22.2 Å². The zero-order valence-corrected chi connectivity index (χ0v) is 12.7. The highest BCUT2D eigenvalue weighted by Gasteiger charge is 2.31. The third-order valence-corrected chi connectivity index (χ3v) is 12.5. The van der Waals surface area contributed by atoms with Gasteiger partial charge in [-0.1, -0.05) is 65.9 Å².